The maximum absolute atomic E-state index is 8.96. The van der Waals surface area contributed by atoms with Gasteiger partial charge < -0.3 is 14.2 Å². The third-order valence-corrected chi connectivity index (χ3v) is 2.52. The Hall–Kier alpha value is -1.41. The molecular weight excluding hydrogens is 262 g/mol. The van der Waals surface area contributed by atoms with E-state index in [1.807, 2.05) is 6.07 Å². The lowest BCUT2D eigenvalue weighted by Gasteiger charge is -2.13. The Bertz CT molecular complexity index is 412. The van der Waals surface area contributed by atoms with Gasteiger partial charge in [0.25, 0.3) is 0 Å². The summed E-state index contributed by atoms with van der Waals surface area (Å²) in [6, 6.07) is 3.70. The number of halogens is 1. The van der Waals surface area contributed by atoms with Crippen LogP contribution < -0.4 is 14.2 Å². The zero-order chi connectivity index (χ0) is 11.4. The van der Waals surface area contributed by atoms with E-state index in [-0.39, 0.29) is 0 Å². The van der Waals surface area contributed by atoms with Crippen LogP contribution in [-0.2, 0) is 0 Å². The Morgan fingerprint density at radius 2 is 1.73 bits per heavy atom. The van der Waals surface area contributed by atoms with Crippen molar-refractivity contribution < 1.29 is 14.2 Å². The molecule has 0 saturated heterocycles. The Kier molecular flexibility index (Phi) is 3.81. The molecule has 0 N–H and O–H groups in total. The normalized spacial score (nSPS) is 9.27. The Balaban J connectivity index is 3.53. The van der Waals surface area contributed by atoms with Crippen molar-refractivity contribution in [2.75, 3.05) is 21.3 Å². The number of hydrogen-bond acceptors (Lipinski definition) is 4. The van der Waals surface area contributed by atoms with Crippen LogP contribution in [0.1, 0.15) is 5.56 Å². The fourth-order valence-corrected chi connectivity index (χ4v) is 1.71. The van der Waals surface area contributed by atoms with Crippen molar-refractivity contribution in [1.29, 1.82) is 5.26 Å². The van der Waals surface area contributed by atoms with Gasteiger partial charge in [-0.15, -0.1) is 0 Å². The average Bonchev–Trinajstić information content (AvgIpc) is 2.27. The van der Waals surface area contributed by atoms with Crippen molar-refractivity contribution in [3.63, 3.8) is 0 Å². The molecule has 0 amide bonds. The number of hydrogen-bond donors (Lipinski definition) is 0. The van der Waals surface area contributed by atoms with Crippen molar-refractivity contribution in [3.8, 4) is 23.3 Å². The van der Waals surface area contributed by atoms with Gasteiger partial charge in [-0.3, -0.25) is 0 Å². The molecule has 0 spiro atoms. The second kappa shape index (κ2) is 4.89. The molecule has 0 atom stereocenters. The maximum atomic E-state index is 8.96. The summed E-state index contributed by atoms with van der Waals surface area (Å²) in [5, 5.41) is 8.96. The van der Waals surface area contributed by atoms with E-state index in [4.69, 9.17) is 19.5 Å². The van der Waals surface area contributed by atoms with Gasteiger partial charge in [0.15, 0.2) is 11.5 Å². The lowest BCUT2D eigenvalue weighted by Crippen LogP contribution is -1.98. The van der Waals surface area contributed by atoms with E-state index in [0.29, 0.717) is 27.3 Å². The zero-order valence-electron chi connectivity index (χ0n) is 8.63. The predicted octanol–water partition coefficient (Wildman–Crippen LogP) is 2.35. The number of rotatable bonds is 3. The van der Waals surface area contributed by atoms with Crippen molar-refractivity contribution in [1.82, 2.24) is 0 Å². The van der Waals surface area contributed by atoms with E-state index in [0.717, 1.165) is 0 Å². The van der Waals surface area contributed by atoms with E-state index < -0.39 is 0 Å². The predicted molar refractivity (Wildman–Crippen MR) is 58.5 cm³/mol. The minimum absolute atomic E-state index is 0.367. The summed E-state index contributed by atoms with van der Waals surface area (Å²) in [6.07, 6.45) is 0. The van der Waals surface area contributed by atoms with Gasteiger partial charge in [-0.1, -0.05) is 0 Å². The van der Waals surface area contributed by atoms with Gasteiger partial charge in [0.05, 0.1) is 21.3 Å². The lowest BCUT2D eigenvalue weighted by molar-refractivity contribution is 0.323. The molecule has 80 valence electrons. The highest BCUT2D eigenvalue weighted by Crippen LogP contribution is 2.43. The molecule has 0 bridgehead atoms. The third-order valence-electron chi connectivity index (χ3n) is 1.89. The standard InChI is InChI=1S/C10H10BrNO3/c1-13-8-4-7(11)6(5-12)9(14-2)10(8)15-3/h4H,1-3H3. The van der Waals surface area contributed by atoms with E-state index in [2.05, 4.69) is 15.9 Å². The maximum Gasteiger partial charge on any atom is 0.204 e. The minimum atomic E-state index is 0.367. The first-order valence-corrected chi connectivity index (χ1v) is 4.87. The zero-order valence-corrected chi connectivity index (χ0v) is 10.2. The van der Waals surface area contributed by atoms with Crippen LogP contribution in [0, 0.1) is 11.3 Å². The summed E-state index contributed by atoms with van der Waals surface area (Å²) in [5.41, 5.74) is 0.384. The molecule has 15 heavy (non-hydrogen) atoms. The van der Waals surface area contributed by atoms with Gasteiger partial charge in [-0.2, -0.15) is 5.26 Å². The summed E-state index contributed by atoms with van der Waals surface area (Å²) in [6.45, 7) is 0. The van der Waals surface area contributed by atoms with E-state index >= 15 is 0 Å². The lowest BCUT2D eigenvalue weighted by atomic mass is 10.2. The molecule has 0 aliphatic rings. The molecule has 0 aliphatic heterocycles. The van der Waals surface area contributed by atoms with Crippen LogP contribution in [0.3, 0.4) is 0 Å². The second-order valence-corrected chi connectivity index (χ2v) is 3.47. The van der Waals surface area contributed by atoms with Crippen molar-refractivity contribution in [3.05, 3.63) is 16.1 Å². The largest absolute Gasteiger partial charge is 0.493 e. The van der Waals surface area contributed by atoms with Crippen molar-refractivity contribution >= 4 is 15.9 Å². The molecule has 0 heterocycles. The van der Waals surface area contributed by atoms with Gasteiger partial charge in [-0.25, -0.2) is 0 Å². The molecule has 0 aliphatic carbocycles. The SMILES string of the molecule is COc1cc(Br)c(C#N)c(OC)c1OC. The molecule has 5 heteroatoms. The summed E-state index contributed by atoms with van der Waals surface area (Å²) >= 11 is 3.27. The fraction of sp³-hybridized carbons (Fsp3) is 0.300. The highest BCUT2D eigenvalue weighted by molar-refractivity contribution is 9.10. The van der Waals surface area contributed by atoms with Crippen LogP contribution in [0.4, 0.5) is 0 Å². The van der Waals surface area contributed by atoms with Crippen LogP contribution in [0.25, 0.3) is 0 Å². The quantitative estimate of drug-likeness (QED) is 0.847. The van der Waals surface area contributed by atoms with Gasteiger partial charge in [0.1, 0.15) is 11.6 Å². The van der Waals surface area contributed by atoms with Gasteiger partial charge in [0, 0.05) is 4.47 Å². The van der Waals surface area contributed by atoms with Crippen LogP contribution in [0.2, 0.25) is 0 Å². The van der Waals surface area contributed by atoms with Crippen LogP contribution in [0.15, 0.2) is 10.5 Å². The smallest absolute Gasteiger partial charge is 0.204 e. The highest BCUT2D eigenvalue weighted by atomic mass is 79.9. The minimum Gasteiger partial charge on any atom is -0.493 e. The van der Waals surface area contributed by atoms with Crippen LogP contribution in [-0.4, -0.2) is 21.3 Å². The van der Waals surface area contributed by atoms with E-state index in [9.17, 15) is 0 Å². The second-order valence-electron chi connectivity index (χ2n) is 2.61. The first kappa shape index (κ1) is 11.7. The molecule has 1 aromatic rings. The topological polar surface area (TPSA) is 51.5 Å². The molecule has 0 fully saturated rings. The number of nitrogens with zero attached hydrogens (tertiary/aromatic N) is 1. The summed E-state index contributed by atoms with van der Waals surface area (Å²) in [7, 11) is 4.50. The van der Waals surface area contributed by atoms with Gasteiger partial charge >= 0.3 is 0 Å². The molecule has 1 rings (SSSR count). The number of ether oxygens (including phenoxy) is 3. The Morgan fingerprint density at radius 1 is 1.13 bits per heavy atom. The molecule has 1 aromatic carbocycles. The molecular formula is C10H10BrNO3. The first-order valence-electron chi connectivity index (χ1n) is 4.08. The van der Waals surface area contributed by atoms with Gasteiger partial charge in [0.2, 0.25) is 5.75 Å². The fourth-order valence-electron chi connectivity index (χ4n) is 1.23. The number of methoxy groups -OCH3 is 3. The van der Waals surface area contributed by atoms with E-state index in [1.54, 1.807) is 6.07 Å². The monoisotopic (exact) mass is 271 g/mol. The van der Waals surface area contributed by atoms with Gasteiger partial charge in [-0.05, 0) is 22.0 Å². The summed E-state index contributed by atoms with van der Waals surface area (Å²) < 4.78 is 16.0. The first-order chi connectivity index (χ1) is 7.19. The number of benzene rings is 1. The molecule has 0 aromatic heterocycles. The Labute approximate surface area is 96.5 Å². The van der Waals surface area contributed by atoms with Crippen LogP contribution >= 0.6 is 15.9 Å². The highest BCUT2D eigenvalue weighted by Gasteiger charge is 2.19. The molecule has 0 unspecified atom stereocenters. The van der Waals surface area contributed by atoms with Crippen molar-refractivity contribution in [2.45, 2.75) is 0 Å². The molecule has 0 radical (unpaired) electrons. The molecule has 0 saturated carbocycles. The number of nitriles is 1. The van der Waals surface area contributed by atoms with Crippen molar-refractivity contribution in [2.24, 2.45) is 0 Å². The Morgan fingerprint density at radius 3 is 2.13 bits per heavy atom. The van der Waals surface area contributed by atoms with Crippen LogP contribution in [0.5, 0.6) is 17.2 Å². The summed E-state index contributed by atoms with van der Waals surface area (Å²) in [4.78, 5) is 0. The average molecular weight is 272 g/mol. The molecule has 4 nitrogen and oxygen atoms in total. The summed E-state index contributed by atoms with van der Waals surface area (Å²) in [5.74, 6) is 1.30. The third kappa shape index (κ3) is 2.00. The van der Waals surface area contributed by atoms with E-state index in [1.165, 1.54) is 21.3 Å².